The van der Waals surface area contributed by atoms with E-state index in [1.54, 1.807) is 13.1 Å². The zero-order valence-electron chi connectivity index (χ0n) is 13.9. The van der Waals surface area contributed by atoms with Crippen molar-refractivity contribution >= 4 is 5.91 Å². The number of hydrogen-bond donors (Lipinski definition) is 0. The van der Waals surface area contributed by atoms with Gasteiger partial charge in [-0.2, -0.15) is 0 Å². The van der Waals surface area contributed by atoms with Gasteiger partial charge in [0.05, 0.1) is 12.2 Å². The van der Waals surface area contributed by atoms with Gasteiger partial charge in [-0.3, -0.25) is 9.78 Å². The highest BCUT2D eigenvalue weighted by Crippen LogP contribution is 2.42. The minimum atomic E-state index is -0.0242. The summed E-state index contributed by atoms with van der Waals surface area (Å²) < 4.78 is 11.9. The summed E-state index contributed by atoms with van der Waals surface area (Å²) in [5, 5.41) is 0. The molecule has 0 saturated carbocycles. The molecule has 126 valence electrons. The Morgan fingerprint density at radius 3 is 3.00 bits per heavy atom. The van der Waals surface area contributed by atoms with Gasteiger partial charge in [-0.25, -0.2) is 0 Å². The highest BCUT2D eigenvalue weighted by molar-refractivity contribution is 5.73. The number of likely N-dealkylation sites (tertiary alicyclic amines) is 1. The smallest absolute Gasteiger partial charge is 0.219 e. The topological polar surface area (TPSA) is 51.7 Å². The number of aromatic nitrogens is 1. The van der Waals surface area contributed by atoms with Crippen LogP contribution in [-0.4, -0.2) is 47.7 Å². The lowest BCUT2D eigenvalue weighted by atomic mass is 9.78. The molecular formula is C18H26N2O3. The average Bonchev–Trinajstić information content (AvgIpc) is 2.95. The molecular weight excluding hydrogens is 292 g/mol. The number of rotatable bonds is 5. The van der Waals surface area contributed by atoms with Gasteiger partial charge in [-0.1, -0.05) is 6.07 Å². The van der Waals surface area contributed by atoms with Gasteiger partial charge in [0.1, 0.15) is 0 Å². The second-order valence-corrected chi connectivity index (χ2v) is 6.61. The van der Waals surface area contributed by atoms with E-state index in [-0.39, 0.29) is 11.5 Å². The minimum Gasteiger partial charge on any atom is -0.377 e. The van der Waals surface area contributed by atoms with Crippen molar-refractivity contribution in [3.63, 3.8) is 0 Å². The van der Waals surface area contributed by atoms with E-state index in [9.17, 15) is 4.79 Å². The van der Waals surface area contributed by atoms with E-state index < -0.39 is 0 Å². The molecule has 3 heterocycles. The van der Waals surface area contributed by atoms with Crippen LogP contribution >= 0.6 is 0 Å². The Balaban J connectivity index is 1.45. The molecule has 2 aliphatic heterocycles. The standard InChI is InChI=1S/C18H26N2O3/c1-15(21)20-9-6-18(7-10-20)17(5-12-23-18)4-11-22-14-16-3-2-8-19-13-16/h2-3,8,13,17H,4-7,9-12,14H2,1H3/t17-/m0/s1. The van der Waals surface area contributed by atoms with E-state index >= 15 is 0 Å². The summed E-state index contributed by atoms with van der Waals surface area (Å²) in [5.74, 6) is 0.722. The summed E-state index contributed by atoms with van der Waals surface area (Å²) >= 11 is 0. The predicted octanol–water partition coefficient (Wildman–Crippen LogP) is 2.41. The lowest BCUT2D eigenvalue weighted by Crippen LogP contribution is -2.49. The van der Waals surface area contributed by atoms with Crippen LogP contribution in [0.25, 0.3) is 0 Å². The minimum absolute atomic E-state index is 0.0242. The number of amides is 1. The summed E-state index contributed by atoms with van der Waals surface area (Å²) in [6.45, 7) is 5.50. The van der Waals surface area contributed by atoms with Crippen molar-refractivity contribution in [1.82, 2.24) is 9.88 Å². The Labute approximate surface area is 138 Å². The first-order chi connectivity index (χ1) is 11.2. The average molecular weight is 318 g/mol. The molecule has 3 rings (SSSR count). The molecule has 1 aromatic heterocycles. The van der Waals surface area contributed by atoms with Crippen molar-refractivity contribution in [2.75, 3.05) is 26.3 Å². The normalized spacial score (nSPS) is 23.3. The van der Waals surface area contributed by atoms with Crippen LogP contribution in [0.2, 0.25) is 0 Å². The second kappa shape index (κ2) is 7.41. The van der Waals surface area contributed by atoms with E-state index in [0.29, 0.717) is 12.5 Å². The Morgan fingerprint density at radius 1 is 1.48 bits per heavy atom. The molecule has 1 spiro atoms. The largest absolute Gasteiger partial charge is 0.377 e. The van der Waals surface area contributed by atoms with Gasteiger partial charge in [-0.05, 0) is 43.2 Å². The maximum absolute atomic E-state index is 11.5. The van der Waals surface area contributed by atoms with Gasteiger partial charge in [0, 0.05) is 45.6 Å². The molecule has 2 saturated heterocycles. The van der Waals surface area contributed by atoms with Crippen molar-refractivity contribution < 1.29 is 14.3 Å². The van der Waals surface area contributed by atoms with Crippen LogP contribution in [0.5, 0.6) is 0 Å². The molecule has 0 aromatic carbocycles. The number of carbonyl (C=O) groups excluding carboxylic acids is 1. The first-order valence-electron chi connectivity index (χ1n) is 8.56. The fraction of sp³-hybridized carbons (Fsp3) is 0.667. The Morgan fingerprint density at radius 2 is 2.30 bits per heavy atom. The van der Waals surface area contributed by atoms with Crippen molar-refractivity contribution in [3.05, 3.63) is 30.1 Å². The maximum atomic E-state index is 11.5. The van der Waals surface area contributed by atoms with Crippen LogP contribution in [0.3, 0.4) is 0 Å². The molecule has 0 unspecified atom stereocenters. The Hall–Kier alpha value is -1.46. The van der Waals surface area contributed by atoms with Crippen molar-refractivity contribution in [2.45, 2.75) is 44.8 Å². The first-order valence-corrected chi connectivity index (χ1v) is 8.56. The number of nitrogens with zero attached hydrogens (tertiary/aromatic N) is 2. The summed E-state index contributed by atoms with van der Waals surface area (Å²) in [4.78, 5) is 17.5. The van der Waals surface area contributed by atoms with Crippen molar-refractivity contribution in [3.8, 4) is 0 Å². The second-order valence-electron chi connectivity index (χ2n) is 6.61. The van der Waals surface area contributed by atoms with Crippen molar-refractivity contribution in [2.24, 2.45) is 5.92 Å². The summed E-state index contributed by atoms with van der Waals surface area (Å²) in [6, 6.07) is 3.96. The van der Waals surface area contributed by atoms with Crippen LogP contribution < -0.4 is 0 Å². The number of hydrogen-bond acceptors (Lipinski definition) is 4. The molecule has 0 aliphatic carbocycles. The van der Waals surface area contributed by atoms with Gasteiger partial charge >= 0.3 is 0 Å². The van der Waals surface area contributed by atoms with Crippen LogP contribution in [-0.2, 0) is 20.9 Å². The summed E-state index contributed by atoms with van der Waals surface area (Å²) in [6.07, 6.45) is 7.67. The third kappa shape index (κ3) is 3.90. The van der Waals surface area contributed by atoms with Crippen LogP contribution in [0, 0.1) is 5.92 Å². The van der Waals surface area contributed by atoms with Crippen LogP contribution in [0.4, 0.5) is 0 Å². The predicted molar refractivity (Wildman–Crippen MR) is 86.8 cm³/mol. The van der Waals surface area contributed by atoms with Crippen LogP contribution in [0.15, 0.2) is 24.5 Å². The van der Waals surface area contributed by atoms with E-state index in [0.717, 1.165) is 57.6 Å². The van der Waals surface area contributed by atoms with E-state index in [1.807, 2.05) is 23.2 Å². The molecule has 1 atom stereocenters. The monoisotopic (exact) mass is 318 g/mol. The SMILES string of the molecule is CC(=O)N1CCC2(CC1)OCC[C@@H]2CCOCc1cccnc1. The molecule has 5 heteroatoms. The third-order valence-corrected chi connectivity index (χ3v) is 5.26. The van der Waals surface area contributed by atoms with E-state index in [4.69, 9.17) is 9.47 Å². The fourth-order valence-electron chi connectivity index (χ4n) is 3.84. The van der Waals surface area contributed by atoms with E-state index in [1.165, 1.54) is 0 Å². The molecule has 5 nitrogen and oxygen atoms in total. The number of carbonyl (C=O) groups is 1. The van der Waals surface area contributed by atoms with Gasteiger partial charge in [0.15, 0.2) is 0 Å². The molecule has 1 amide bonds. The summed E-state index contributed by atoms with van der Waals surface area (Å²) in [7, 11) is 0. The van der Waals surface area contributed by atoms with E-state index in [2.05, 4.69) is 4.98 Å². The molecule has 0 bridgehead atoms. The molecule has 0 radical (unpaired) electrons. The molecule has 2 fully saturated rings. The quantitative estimate of drug-likeness (QED) is 0.782. The van der Waals surface area contributed by atoms with Gasteiger partial charge in [0.2, 0.25) is 5.91 Å². The molecule has 23 heavy (non-hydrogen) atoms. The van der Waals surface area contributed by atoms with Crippen molar-refractivity contribution in [1.29, 1.82) is 0 Å². The zero-order chi connectivity index (χ0) is 16.1. The number of ether oxygens (including phenoxy) is 2. The fourth-order valence-corrected chi connectivity index (χ4v) is 3.84. The Bertz CT molecular complexity index is 512. The lowest BCUT2D eigenvalue weighted by Gasteiger charge is -2.42. The summed E-state index contributed by atoms with van der Waals surface area (Å²) in [5.41, 5.74) is 1.09. The Kier molecular flexibility index (Phi) is 5.28. The number of pyridine rings is 1. The maximum Gasteiger partial charge on any atom is 0.219 e. The van der Waals surface area contributed by atoms with Crippen LogP contribution in [0.1, 0.15) is 38.2 Å². The highest BCUT2D eigenvalue weighted by Gasteiger charge is 2.46. The number of piperidine rings is 1. The first kappa shape index (κ1) is 16.4. The zero-order valence-corrected chi connectivity index (χ0v) is 13.9. The van der Waals surface area contributed by atoms with Gasteiger partial charge < -0.3 is 14.4 Å². The highest BCUT2D eigenvalue weighted by atomic mass is 16.5. The van der Waals surface area contributed by atoms with Gasteiger partial charge in [-0.15, -0.1) is 0 Å². The third-order valence-electron chi connectivity index (χ3n) is 5.26. The molecule has 0 N–H and O–H groups in total. The molecule has 2 aliphatic rings. The lowest BCUT2D eigenvalue weighted by molar-refractivity contribution is -0.135. The van der Waals surface area contributed by atoms with Gasteiger partial charge in [0.25, 0.3) is 0 Å². The molecule has 1 aromatic rings.